The minimum absolute atomic E-state index is 0.286. The molecule has 3 rings (SSSR count). The van der Waals surface area contributed by atoms with Crippen LogP contribution in [0.5, 0.6) is 0 Å². The van der Waals surface area contributed by atoms with E-state index >= 15 is 0 Å². The van der Waals surface area contributed by atoms with Gasteiger partial charge in [0.15, 0.2) is 0 Å². The Kier molecular flexibility index (Phi) is 3.53. The molecule has 0 aliphatic heterocycles. The monoisotopic (exact) mass is 320 g/mol. The number of benzene rings is 2. The maximum Gasteiger partial charge on any atom is 0.265 e. The minimum Gasteiger partial charge on any atom is -0.397 e. The van der Waals surface area contributed by atoms with Crippen molar-refractivity contribution in [3.05, 3.63) is 58.2 Å². The number of rotatable bonds is 2. The normalized spacial score (nSPS) is 10.8. The van der Waals surface area contributed by atoms with Gasteiger partial charge in [-0.25, -0.2) is 4.39 Å². The molecule has 0 aliphatic carbocycles. The Balaban J connectivity index is 1.89. The van der Waals surface area contributed by atoms with Gasteiger partial charge in [0.1, 0.15) is 5.82 Å². The molecular weight excluding hydrogens is 311 g/mol. The number of halogens is 2. The topological polar surface area (TPSA) is 55.1 Å². The van der Waals surface area contributed by atoms with Gasteiger partial charge in [-0.15, -0.1) is 11.3 Å². The average molecular weight is 321 g/mol. The maximum atomic E-state index is 13.2. The SMILES string of the molecule is Nc1cc(Cl)ccc1NC(=O)c1cc2ccc(F)cc2s1. The number of carbonyl (C=O) groups is 1. The molecule has 0 bridgehead atoms. The second-order valence-corrected chi connectivity index (χ2v) is 6.00. The second kappa shape index (κ2) is 5.35. The van der Waals surface area contributed by atoms with Crippen LogP contribution in [0.2, 0.25) is 5.02 Å². The predicted molar refractivity (Wildman–Crippen MR) is 85.6 cm³/mol. The van der Waals surface area contributed by atoms with E-state index in [4.69, 9.17) is 17.3 Å². The van der Waals surface area contributed by atoms with Crippen LogP contribution in [-0.4, -0.2) is 5.91 Å². The van der Waals surface area contributed by atoms with E-state index in [1.807, 2.05) is 0 Å². The van der Waals surface area contributed by atoms with Crippen molar-refractivity contribution in [2.45, 2.75) is 0 Å². The van der Waals surface area contributed by atoms with Crippen molar-refractivity contribution in [3.8, 4) is 0 Å². The maximum absolute atomic E-state index is 13.2. The van der Waals surface area contributed by atoms with E-state index in [-0.39, 0.29) is 11.7 Å². The van der Waals surface area contributed by atoms with Gasteiger partial charge in [0.05, 0.1) is 16.3 Å². The molecule has 0 aliphatic rings. The number of nitrogens with two attached hydrogens (primary N) is 1. The van der Waals surface area contributed by atoms with Gasteiger partial charge in [-0.3, -0.25) is 4.79 Å². The molecule has 3 N–H and O–H groups in total. The molecule has 1 heterocycles. The van der Waals surface area contributed by atoms with Crippen molar-refractivity contribution >= 4 is 50.3 Å². The number of hydrogen-bond donors (Lipinski definition) is 2. The summed E-state index contributed by atoms with van der Waals surface area (Å²) in [7, 11) is 0. The van der Waals surface area contributed by atoms with Crippen molar-refractivity contribution in [1.29, 1.82) is 0 Å². The zero-order chi connectivity index (χ0) is 15.0. The summed E-state index contributed by atoms with van der Waals surface area (Å²) in [4.78, 5) is 12.7. The van der Waals surface area contributed by atoms with Gasteiger partial charge in [0, 0.05) is 9.72 Å². The molecule has 3 nitrogen and oxygen atoms in total. The average Bonchev–Trinajstić information content (AvgIpc) is 2.85. The molecule has 0 atom stereocenters. The number of hydrogen-bond acceptors (Lipinski definition) is 3. The minimum atomic E-state index is -0.321. The highest BCUT2D eigenvalue weighted by Crippen LogP contribution is 2.28. The molecule has 0 fully saturated rings. The molecule has 2 aromatic carbocycles. The fourth-order valence-corrected chi connectivity index (χ4v) is 3.11. The third-order valence-electron chi connectivity index (χ3n) is 2.97. The Morgan fingerprint density at radius 2 is 2.00 bits per heavy atom. The van der Waals surface area contributed by atoms with E-state index in [1.54, 1.807) is 30.3 Å². The van der Waals surface area contributed by atoms with Gasteiger partial charge < -0.3 is 11.1 Å². The van der Waals surface area contributed by atoms with Crippen LogP contribution in [-0.2, 0) is 0 Å². The number of nitrogen functional groups attached to an aromatic ring is 1. The first-order valence-corrected chi connectivity index (χ1v) is 7.28. The van der Waals surface area contributed by atoms with Crippen molar-refractivity contribution in [1.82, 2.24) is 0 Å². The third kappa shape index (κ3) is 2.84. The Labute approximate surface area is 129 Å². The lowest BCUT2D eigenvalue weighted by Gasteiger charge is -2.07. The molecule has 106 valence electrons. The Bertz CT molecular complexity index is 847. The van der Waals surface area contributed by atoms with Gasteiger partial charge in [0.25, 0.3) is 5.91 Å². The Hall–Kier alpha value is -2.11. The molecule has 0 saturated heterocycles. The van der Waals surface area contributed by atoms with E-state index in [0.717, 1.165) is 10.1 Å². The summed E-state index contributed by atoms with van der Waals surface area (Å²) in [6.07, 6.45) is 0. The van der Waals surface area contributed by atoms with Gasteiger partial charge in [-0.2, -0.15) is 0 Å². The lowest BCUT2D eigenvalue weighted by Crippen LogP contribution is -2.11. The highest BCUT2D eigenvalue weighted by Gasteiger charge is 2.12. The first kappa shape index (κ1) is 13.9. The zero-order valence-electron chi connectivity index (χ0n) is 10.7. The summed E-state index contributed by atoms with van der Waals surface area (Å²) in [5.74, 6) is -0.608. The van der Waals surface area contributed by atoms with Crippen LogP contribution in [0.3, 0.4) is 0 Å². The smallest absolute Gasteiger partial charge is 0.265 e. The van der Waals surface area contributed by atoms with E-state index in [1.165, 1.54) is 23.5 Å². The van der Waals surface area contributed by atoms with E-state index in [9.17, 15) is 9.18 Å². The van der Waals surface area contributed by atoms with Crippen molar-refractivity contribution < 1.29 is 9.18 Å². The number of amides is 1. The quantitative estimate of drug-likeness (QED) is 0.682. The summed E-state index contributed by atoms with van der Waals surface area (Å²) in [6, 6.07) is 11.0. The van der Waals surface area contributed by atoms with Crippen molar-refractivity contribution in [3.63, 3.8) is 0 Å². The summed E-state index contributed by atoms with van der Waals surface area (Å²) in [5.41, 5.74) is 6.68. The van der Waals surface area contributed by atoms with Crippen LogP contribution in [0.15, 0.2) is 42.5 Å². The molecule has 1 amide bonds. The van der Waals surface area contributed by atoms with E-state index in [2.05, 4.69) is 5.32 Å². The highest BCUT2D eigenvalue weighted by molar-refractivity contribution is 7.20. The van der Waals surface area contributed by atoms with E-state index in [0.29, 0.717) is 21.3 Å². The molecular formula is C15H10ClFN2OS. The first-order chi connectivity index (χ1) is 10.0. The molecule has 21 heavy (non-hydrogen) atoms. The van der Waals surface area contributed by atoms with Gasteiger partial charge in [-0.05, 0) is 41.8 Å². The third-order valence-corrected chi connectivity index (χ3v) is 4.30. The van der Waals surface area contributed by atoms with Crippen molar-refractivity contribution in [2.75, 3.05) is 11.1 Å². The van der Waals surface area contributed by atoms with Crippen LogP contribution in [0, 0.1) is 5.82 Å². The molecule has 1 aromatic heterocycles. The summed E-state index contributed by atoms with van der Waals surface area (Å²) in [6.45, 7) is 0. The molecule has 3 aromatic rings. The van der Waals surface area contributed by atoms with Crippen molar-refractivity contribution in [2.24, 2.45) is 0 Å². The molecule has 0 spiro atoms. The number of carbonyl (C=O) groups excluding carboxylic acids is 1. The van der Waals surface area contributed by atoms with Gasteiger partial charge >= 0.3 is 0 Å². The fourth-order valence-electron chi connectivity index (χ4n) is 1.95. The predicted octanol–water partition coefficient (Wildman–Crippen LogP) is 4.53. The molecule has 0 unspecified atom stereocenters. The summed E-state index contributed by atoms with van der Waals surface area (Å²) in [5, 5.41) is 4.06. The summed E-state index contributed by atoms with van der Waals surface area (Å²) < 4.78 is 13.9. The largest absolute Gasteiger partial charge is 0.397 e. The second-order valence-electron chi connectivity index (χ2n) is 4.48. The number of thiophene rings is 1. The lowest BCUT2D eigenvalue weighted by molar-refractivity contribution is 0.103. The first-order valence-electron chi connectivity index (χ1n) is 6.08. The van der Waals surface area contributed by atoms with Crippen LogP contribution in [0.25, 0.3) is 10.1 Å². The molecule has 6 heteroatoms. The van der Waals surface area contributed by atoms with Gasteiger partial charge in [-0.1, -0.05) is 17.7 Å². The Morgan fingerprint density at radius 3 is 2.76 bits per heavy atom. The standard InChI is InChI=1S/C15H10ClFN2OS/c16-9-2-4-12(11(18)6-9)19-15(20)14-5-8-1-3-10(17)7-13(8)21-14/h1-7H,18H2,(H,19,20). The fraction of sp³-hybridized carbons (Fsp3) is 0. The van der Waals surface area contributed by atoms with Crippen LogP contribution < -0.4 is 11.1 Å². The van der Waals surface area contributed by atoms with Crippen LogP contribution >= 0.6 is 22.9 Å². The zero-order valence-corrected chi connectivity index (χ0v) is 12.3. The van der Waals surface area contributed by atoms with Gasteiger partial charge in [0.2, 0.25) is 0 Å². The van der Waals surface area contributed by atoms with Crippen LogP contribution in [0.4, 0.5) is 15.8 Å². The highest BCUT2D eigenvalue weighted by atomic mass is 35.5. The van der Waals surface area contributed by atoms with Crippen LogP contribution in [0.1, 0.15) is 9.67 Å². The van der Waals surface area contributed by atoms with E-state index < -0.39 is 0 Å². The summed E-state index contributed by atoms with van der Waals surface area (Å²) >= 11 is 7.04. The molecule has 0 saturated carbocycles. The molecule has 0 radical (unpaired) electrons. The number of nitrogens with one attached hydrogen (secondary N) is 1. The lowest BCUT2D eigenvalue weighted by atomic mass is 10.2. The number of fused-ring (bicyclic) bond motifs is 1. The number of anilines is 2. The Morgan fingerprint density at radius 1 is 1.19 bits per heavy atom.